The number of carbonyl (C=O) groups excluding carboxylic acids is 1. The van der Waals surface area contributed by atoms with Gasteiger partial charge in [-0.15, -0.1) is 0 Å². The van der Waals surface area contributed by atoms with Gasteiger partial charge in [-0.1, -0.05) is 6.07 Å². The first-order chi connectivity index (χ1) is 7.31. The minimum atomic E-state index is -0.508. The molecule has 1 saturated heterocycles. The van der Waals surface area contributed by atoms with Gasteiger partial charge in [-0.2, -0.15) is 0 Å². The van der Waals surface area contributed by atoms with Gasteiger partial charge in [-0.3, -0.25) is 4.79 Å². The molecule has 0 aromatic heterocycles. The predicted molar refractivity (Wildman–Crippen MR) is 51.6 cm³/mol. The van der Waals surface area contributed by atoms with Crippen LogP contribution in [0.5, 0.6) is 5.75 Å². The molecule has 2 rings (SSSR count). The van der Waals surface area contributed by atoms with Crippen molar-refractivity contribution in [1.82, 2.24) is 0 Å². The highest BCUT2D eigenvalue weighted by molar-refractivity contribution is 5.79. The summed E-state index contributed by atoms with van der Waals surface area (Å²) >= 11 is 0. The van der Waals surface area contributed by atoms with Crippen LogP contribution >= 0.6 is 0 Å². The van der Waals surface area contributed by atoms with Crippen LogP contribution in [-0.2, 0) is 4.74 Å². The van der Waals surface area contributed by atoms with E-state index in [0.717, 1.165) is 6.42 Å². The normalized spacial score (nSPS) is 20.2. The van der Waals surface area contributed by atoms with E-state index in [1.54, 1.807) is 0 Å². The quantitative estimate of drug-likeness (QED) is 0.714. The van der Waals surface area contributed by atoms with Crippen LogP contribution in [0.15, 0.2) is 18.2 Å². The van der Waals surface area contributed by atoms with Crippen LogP contribution in [0.2, 0.25) is 0 Å². The first-order valence-corrected chi connectivity index (χ1v) is 4.79. The van der Waals surface area contributed by atoms with Gasteiger partial charge in [-0.25, -0.2) is 4.39 Å². The molecule has 1 unspecified atom stereocenters. The van der Waals surface area contributed by atoms with Crippen molar-refractivity contribution in [3.8, 4) is 5.75 Å². The minimum absolute atomic E-state index is 0.0306. The Bertz CT molecular complexity index is 359. The lowest BCUT2D eigenvalue weighted by atomic mass is 10.2. The number of ether oxygens (including phenoxy) is 2. The Morgan fingerprint density at radius 3 is 3.07 bits per heavy atom. The van der Waals surface area contributed by atoms with Crippen molar-refractivity contribution in [1.29, 1.82) is 0 Å². The van der Waals surface area contributed by atoms with Gasteiger partial charge in [0.05, 0.1) is 18.8 Å². The molecule has 0 aliphatic carbocycles. The molecular formula is C11H11FO3. The Balaban J connectivity index is 2.21. The Morgan fingerprint density at radius 1 is 1.53 bits per heavy atom. The highest BCUT2D eigenvalue weighted by Gasteiger charge is 2.20. The number of carbonyl (C=O) groups is 1. The van der Waals surface area contributed by atoms with Crippen molar-refractivity contribution in [2.75, 3.05) is 13.2 Å². The van der Waals surface area contributed by atoms with E-state index in [1.165, 1.54) is 18.2 Å². The summed E-state index contributed by atoms with van der Waals surface area (Å²) in [4.78, 5) is 10.7. The molecule has 0 N–H and O–H groups in total. The van der Waals surface area contributed by atoms with Crippen molar-refractivity contribution in [2.45, 2.75) is 12.5 Å². The molecule has 0 saturated carbocycles. The van der Waals surface area contributed by atoms with E-state index in [4.69, 9.17) is 9.47 Å². The Kier molecular flexibility index (Phi) is 2.97. The third-order valence-electron chi connectivity index (χ3n) is 2.30. The van der Waals surface area contributed by atoms with Gasteiger partial charge < -0.3 is 9.47 Å². The number of halogens is 1. The Hall–Kier alpha value is -1.42. The Morgan fingerprint density at radius 2 is 2.40 bits per heavy atom. The maximum atomic E-state index is 13.4. The second-order valence-corrected chi connectivity index (χ2v) is 3.38. The maximum absolute atomic E-state index is 13.4. The van der Waals surface area contributed by atoms with Crippen LogP contribution in [0.25, 0.3) is 0 Å². The minimum Gasteiger partial charge on any atom is -0.484 e. The fraction of sp³-hybridized carbons (Fsp3) is 0.364. The van der Waals surface area contributed by atoms with Crippen LogP contribution in [0.4, 0.5) is 4.39 Å². The lowest BCUT2D eigenvalue weighted by Gasteiger charge is -2.13. The number of hydrogen-bond acceptors (Lipinski definition) is 3. The molecule has 1 aliphatic rings. The topological polar surface area (TPSA) is 35.5 Å². The van der Waals surface area contributed by atoms with Crippen molar-refractivity contribution in [3.63, 3.8) is 0 Å². The van der Waals surface area contributed by atoms with E-state index in [9.17, 15) is 9.18 Å². The summed E-state index contributed by atoms with van der Waals surface area (Å²) in [6.07, 6.45) is 1.17. The van der Waals surface area contributed by atoms with Crippen LogP contribution in [0.3, 0.4) is 0 Å². The van der Waals surface area contributed by atoms with Crippen LogP contribution in [-0.4, -0.2) is 25.6 Å². The summed E-state index contributed by atoms with van der Waals surface area (Å²) < 4.78 is 23.9. The number of para-hydroxylation sites is 1. The average Bonchev–Trinajstić information content (AvgIpc) is 2.74. The SMILES string of the molecule is O=Cc1cccc(F)c1OC1CCOC1. The van der Waals surface area contributed by atoms with Crippen molar-refractivity contribution in [3.05, 3.63) is 29.6 Å². The number of aldehydes is 1. The van der Waals surface area contributed by atoms with Crippen LogP contribution in [0.1, 0.15) is 16.8 Å². The zero-order valence-corrected chi connectivity index (χ0v) is 8.11. The summed E-state index contributed by atoms with van der Waals surface area (Å²) in [5, 5.41) is 0. The van der Waals surface area contributed by atoms with E-state index in [0.29, 0.717) is 19.5 Å². The second-order valence-electron chi connectivity index (χ2n) is 3.38. The maximum Gasteiger partial charge on any atom is 0.165 e. The molecule has 0 bridgehead atoms. The molecule has 0 amide bonds. The third-order valence-corrected chi connectivity index (χ3v) is 2.30. The molecule has 1 aliphatic heterocycles. The average molecular weight is 210 g/mol. The molecule has 80 valence electrons. The van der Waals surface area contributed by atoms with E-state index < -0.39 is 5.82 Å². The van der Waals surface area contributed by atoms with Gasteiger partial charge in [0.2, 0.25) is 0 Å². The van der Waals surface area contributed by atoms with Gasteiger partial charge in [0.1, 0.15) is 6.10 Å². The van der Waals surface area contributed by atoms with E-state index in [-0.39, 0.29) is 17.4 Å². The number of benzene rings is 1. The summed E-state index contributed by atoms with van der Waals surface area (Å²) in [6.45, 7) is 1.07. The zero-order chi connectivity index (χ0) is 10.7. The fourth-order valence-electron chi connectivity index (χ4n) is 1.52. The largest absolute Gasteiger partial charge is 0.484 e. The number of rotatable bonds is 3. The standard InChI is InChI=1S/C11H11FO3/c12-10-3-1-2-8(6-13)11(10)15-9-4-5-14-7-9/h1-3,6,9H,4-5,7H2. The first-order valence-electron chi connectivity index (χ1n) is 4.79. The van der Waals surface area contributed by atoms with Gasteiger partial charge >= 0.3 is 0 Å². The highest BCUT2D eigenvalue weighted by atomic mass is 19.1. The fourth-order valence-corrected chi connectivity index (χ4v) is 1.52. The van der Waals surface area contributed by atoms with Crippen LogP contribution in [0, 0.1) is 5.82 Å². The molecule has 3 nitrogen and oxygen atoms in total. The lowest BCUT2D eigenvalue weighted by molar-refractivity contribution is 0.110. The van der Waals surface area contributed by atoms with Crippen LogP contribution < -0.4 is 4.74 Å². The molecule has 0 radical (unpaired) electrons. The molecule has 15 heavy (non-hydrogen) atoms. The monoisotopic (exact) mass is 210 g/mol. The number of hydrogen-bond donors (Lipinski definition) is 0. The van der Waals surface area contributed by atoms with E-state index in [1.807, 2.05) is 0 Å². The zero-order valence-electron chi connectivity index (χ0n) is 8.11. The Labute approximate surface area is 86.8 Å². The molecule has 1 fully saturated rings. The molecule has 1 aromatic rings. The molecule has 1 atom stereocenters. The van der Waals surface area contributed by atoms with Gasteiger partial charge in [-0.05, 0) is 12.1 Å². The lowest BCUT2D eigenvalue weighted by Crippen LogP contribution is -2.17. The predicted octanol–water partition coefficient (Wildman–Crippen LogP) is 1.81. The van der Waals surface area contributed by atoms with Gasteiger partial charge in [0, 0.05) is 6.42 Å². The summed E-state index contributed by atoms with van der Waals surface area (Å²) in [5.41, 5.74) is 0.238. The highest BCUT2D eigenvalue weighted by Crippen LogP contribution is 2.24. The first kappa shape index (κ1) is 10.1. The molecule has 1 heterocycles. The molecule has 0 spiro atoms. The summed E-state index contributed by atoms with van der Waals surface area (Å²) in [6, 6.07) is 4.29. The smallest absolute Gasteiger partial charge is 0.165 e. The summed E-state index contributed by atoms with van der Waals surface area (Å²) in [5.74, 6) is -0.477. The molecular weight excluding hydrogens is 199 g/mol. The molecule has 4 heteroatoms. The van der Waals surface area contributed by atoms with Crippen molar-refractivity contribution < 1.29 is 18.7 Å². The van der Waals surface area contributed by atoms with Crippen molar-refractivity contribution in [2.24, 2.45) is 0 Å². The second kappa shape index (κ2) is 4.40. The van der Waals surface area contributed by atoms with Gasteiger partial charge in [0.25, 0.3) is 0 Å². The van der Waals surface area contributed by atoms with Crippen molar-refractivity contribution >= 4 is 6.29 Å². The van der Waals surface area contributed by atoms with E-state index in [2.05, 4.69) is 0 Å². The van der Waals surface area contributed by atoms with Gasteiger partial charge in [0.15, 0.2) is 17.9 Å². The third kappa shape index (κ3) is 2.15. The van der Waals surface area contributed by atoms with E-state index >= 15 is 0 Å². The summed E-state index contributed by atoms with van der Waals surface area (Å²) in [7, 11) is 0. The molecule has 1 aromatic carbocycles.